The van der Waals surface area contributed by atoms with Crippen molar-refractivity contribution in [3.8, 4) is 0 Å². The molecule has 0 fully saturated rings. The van der Waals surface area contributed by atoms with Crippen LogP contribution in [0.2, 0.25) is 0 Å². The molecule has 3 nitrogen and oxygen atoms in total. The minimum Gasteiger partial charge on any atom is -0.392 e. The van der Waals surface area contributed by atoms with Gasteiger partial charge in [0, 0.05) is 10.7 Å². The molecular weight excluding hydrogens is 256 g/mol. The molecule has 0 bridgehead atoms. The molecular formula is C8H9BrO3S. The fourth-order valence-electron chi connectivity index (χ4n) is 1.03. The van der Waals surface area contributed by atoms with Crippen LogP contribution in [0.1, 0.15) is 5.56 Å². The Kier molecular flexibility index (Phi) is 3.10. The van der Waals surface area contributed by atoms with Crippen LogP contribution in [0.5, 0.6) is 0 Å². The molecule has 0 aliphatic rings. The van der Waals surface area contributed by atoms with Crippen molar-refractivity contribution in [3.05, 3.63) is 28.2 Å². The summed E-state index contributed by atoms with van der Waals surface area (Å²) in [6.07, 6.45) is 1.12. The molecule has 1 aromatic carbocycles. The van der Waals surface area contributed by atoms with Gasteiger partial charge in [0.05, 0.1) is 11.5 Å². The summed E-state index contributed by atoms with van der Waals surface area (Å²) < 4.78 is 23.1. The minimum absolute atomic E-state index is 0.179. The van der Waals surface area contributed by atoms with E-state index >= 15 is 0 Å². The van der Waals surface area contributed by atoms with Gasteiger partial charge in [-0.05, 0) is 23.8 Å². The van der Waals surface area contributed by atoms with Crippen LogP contribution in [-0.2, 0) is 16.4 Å². The molecule has 0 saturated heterocycles. The van der Waals surface area contributed by atoms with Gasteiger partial charge in [0.1, 0.15) is 0 Å². The van der Waals surface area contributed by atoms with Crippen molar-refractivity contribution in [2.45, 2.75) is 11.5 Å². The molecule has 0 heterocycles. The molecule has 1 N–H and O–H groups in total. The normalized spacial score (nSPS) is 11.6. The molecule has 0 aliphatic heterocycles. The Balaban J connectivity index is 3.39. The molecule has 1 rings (SSSR count). The third kappa shape index (κ3) is 2.52. The Hall–Kier alpha value is -0.390. The second-order valence-corrected chi connectivity index (χ2v) is 5.58. The quantitative estimate of drug-likeness (QED) is 0.878. The zero-order valence-electron chi connectivity index (χ0n) is 6.99. The third-order valence-corrected chi connectivity index (χ3v) is 3.28. The summed E-state index contributed by atoms with van der Waals surface area (Å²) in [5, 5.41) is 8.92. The van der Waals surface area contributed by atoms with E-state index in [1.165, 1.54) is 6.07 Å². The number of benzene rings is 1. The van der Waals surface area contributed by atoms with Gasteiger partial charge in [-0.2, -0.15) is 0 Å². The molecule has 13 heavy (non-hydrogen) atoms. The Morgan fingerprint density at radius 3 is 2.54 bits per heavy atom. The summed E-state index contributed by atoms with van der Waals surface area (Å²) in [6, 6.07) is 4.71. The standard InChI is InChI=1S/C8H9BrO3S/c1-13(11,12)8-3-2-7(9)4-6(8)5-10/h2-4,10H,5H2,1H3. The first-order valence-electron chi connectivity index (χ1n) is 3.54. The summed E-state index contributed by atoms with van der Waals surface area (Å²) in [5.41, 5.74) is 0.414. The molecule has 5 heteroatoms. The van der Waals surface area contributed by atoms with Gasteiger partial charge in [0.25, 0.3) is 0 Å². The highest BCUT2D eigenvalue weighted by Gasteiger charge is 2.12. The summed E-state index contributed by atoms with van der Waals surface area (Å²) in [7, 11) is -3.24. The molecule has 0 radical (unpaired) electrons. The maximum atomic E-state index is 11.2. The van der Waals surface area contributed by atoms with E-state index in [0.717, 1.165) is 10.7 Å². The zero-order valence-corrected chi connectivity index (χ0v) is 9.39. The Labute approximate surface area is 85.4 Å². The van der Waals surface area contributed by atoms with Gasteiger partial charge < -0.3 is 5.11 Å². The number of sulfone groups is 1. The maximum Gasteiger partial charge on any atom is 0.175 e. The highest BCUT2D eigenvalue weighted by molar-refractivity contribution is 9.10. The van der Waals surface area contributed by atoms with E-state index in [1.54, 1.807) is 12.1 Å². The Bertz CT molecular complexity index is 411. The fourth-order valence-corrected chi connectivity index (χ4v) is 2.36. The van der Waals surface area contributed by atoms with E-state index in [2.05, 4.69) is 15.9 Å². The SMILES string of the molecule is CS(=O)(=O)c1ccc(Br)cc1CO. The van der Waals surface area contributed by atoms with Crippen LogP contribution in [0.25, 0.3) is 0 Å². The summed E-state index contributed by atoms with van der Waals surface area (Å²) in [6.45, 7) is -0.276. The second kappa shape index (κ2) is 3.77. The summed E-state index contributed by atoms with van der Waals surface area (Å²) in [5.74, 6) is 0. The number of aliphatic hydroxyl groups is 1. The summed E-state index contributed by atoms with van der Waals surface area (Å²) >= 11 is 3.20. The van der Waals surface area contributed by atoms with Gasteiger partial charge in [0.15, 0.2) is 9.84 Å². The zero-order chi connectivity index (χ0) is 10.1. The molecule has 0 aliphatic carbocycles. The maximum absolute atomic E-state index is 11.2. The molecule has 72 valence electrons. The lowest BCUT2D eigenvalue weighted by atomic mass is 10.2. The van der Waals surface area contributed by atoms with E-state index in [9.17, 15) is 8.42 Å². The molecule has 0 aromatic heterocycles. The van der Waals surface area contributed by atoms with Crippen LogP contribution >= 0.6 is 15.9 Å². The summed E-state index contributed by atoms with van der Waals surface area (Å²) in [4.78, 5) is 0.179. The number of hydrogen-bond donors (Lipinski definition) is 1. The van der Waals surface area contributed by atoms with Gasteiger partial charge >= 0.3 is 0 Å². The van der Waals surface area contributed by atoms with Crippen molar-refractivity contribution in [2.24, 2.45) is 0 Å². The predicted octanol–water partition coefficient (Wildman–Crippen LogP) is 1.34. The fraction of sp³-hybridized carbons (Fsp3) is 0.250. The lowest BCUT2D eigenvalue weighted by molar-refractivity contribution is 0.278. The lowest BCUT2D eigenvalue weighted by Crippen LogP contribution is -2.02. The molecule has 0 spiro atoms. The first kappa shape index (κ1) is 10.7. The average molecular weight is 265 g/mol. The van der Waals surface area contributed by atoms with E-state index in [4.69, 9.17) is 5.11 Å². The molecule has 0 saturated carbocycles. The van der Waals surface area contributed by atoms with Crippen molar-refractivity contribution in [2.75, 3.05) is 6.26 Å². The van der Waals surface area contributed by atoms with Crippen molar-refractivity contribution in [3.63, 3.8) is 0 Å². The Morgan fingerprint density at radius 1 is 1.46 bits per heavy atom. The highest BCUT2D eigenvalue weighted by Crippen LogP contribution is 2.20. The van der Waals surface area contributed by atoms with E-state index in [-0.39, 0.29) is 11.5 Å². The van der Waals surface area contributed by atoms with Gasteiger partial charge in [-0.1, -0.05) is 15.9 Å². The van der Waals surface area contributed by atoms with E-state index in [1.807, 2.05) is 0 Å². The highest BCUT2D eigenvalue weighted by atomic mass is 79.9. The molecule has 0 atom stereocenters. The van der Waals surface area contributed by atoms with Crippen molar-refractivity contribution >= 4 is 25.8 Å². The van der Waals surface area contributed by atoms with Crippen molar-refractivity contribution in [1.29, 1.82) is 0 Å². The largest absolute Gasteiger partial charge is 0.392 e. The Morgan fingerprint density at radius 2 is 2.08 bits per heavy atom. The van der Waals surface area contributed by atoms with Gasteiger partial charge in [-0.15, -0.1) is 0 Å². The average Bonchev–Trinajstić information content (AvgIpc) is 2.01. The third-order valence-electron chi connectivity index (χ3n) is 1.59. The van der Waals surface area contributed by atoms with Gasteiger partial charge in [-0.3, -0.25) is 0 Å². The van der Waals surface area contributed by atoms with Crippen molar-refractivity contribution < 1.29 is 13.5 Å². The topological polar surface area (TPSA) is 54.4 Å². The number of aliphatic hydroxyl groups excluding tert-OH is 1. The number of hydrogen-bond acceptors (Lipinski definition) is 3. The monoisotopic (exact) mass is 264 g/mol. The van der Waals surface area contributed by atoms with Gasteiger partial charge in [-0.25, -0.2) is 8.42 Å². The van der Waals surface area contributed by atoms with Crippen LogP contribution in [0.15, 0.2) is 27.6 Å². The first-order chi connectivity index (χ1) is 5.95. The predicted molar refractivity (Wildman–Crippen MR) is 53.2 cm³/mol. The molecule has 0 unspecified atom stereocenters. The minimum atomic E-state index is -3.24. The van der Waals surface area contributed by atoms with Gasteiger partial charge in [0.2, 0.25) is 0 Å². The number of halogens is 1. The van der Waals surface area contributed by atoms with Crippen LogP contribution in [0.4, 0.5) is 0 Å². The molecule has 0 amide bonds. The second-order valence-electron chi connectivity index (χ2n) is 2.68. The van der Waals surface area contributed by atoms with Crippen LogP contribution in [0.3, 0.4) is 0 Å². The van der Waals surface area contributed by atoms with Crippen LogP contribution < -0.4 is 0 Å². The van der Waals surface area contributed by atoms with E-state index in [0.29, 0.717) is 5.56 Å². The smallest absolute Gasteiger partial charge is 0.175 e. The van der Waals surface area contributed by atoms with Crippen molar-refractivity contribution in [1.82, 2.24) is 0 Å². The van der Waals surface area contributed by atoms with Crippen LogP contribution in [-0.4, -0.2) is 19.8 Å². The van der Waals surface area contributed by atoms with Crippen LogP contribution in [0, 0.1) is 0 Å². The lowest BCUT2D eigenvalue weighted by Gasteiger charge is -2.04. The molecule has 1 aromatic rings. The number of rotatable bonds is 2. The first-order valence-corrected chi connectivity index (χ1v) is 6.23. The van der Waals surface area contributed by atoms with E-state index < -0.39 is 9.84 Å².